The molecule has 1 atom stereocenters. The van der Waals surface area contributed by atoms with Gasteiger partial charge in [0.05, 0.1) is 26.4 Å². The summed E-state index contributed by atoms with van der Waals surface area (Å²) in [6, 6.07) is 6.08. The van der Waals surface area contributed by atoms with Crippen molar-refractivity contribution >= 4 is 5.82 Å². The van der Waals surface area contributed by atoms with E-state index >= 15 is 0 Å². The number of morpholine rings is 1. The van der Waals surface area contributed by atoms with E-state index in [0.29, 0.717) is 5.88 Å². The van der Waals surface area contributed by atoms with E-state index in [1.54, 1.807) is 19.4 Å². The molecule has 0 saturated carbocycles. The van der Waals surface area contributed by atoms with Crippen molar-refractivity contribution in [2.45, 2.75) is 6.04 Å². The van der Waals surface area contributed by atoms with Gasteiger partial charge in [-0.25, -0.2) is 9.97 Å². The summed E-state index contributed by atoms with van der Waals surface area (Å²) in [4.78, 5) is 14.9. The molecule has 3 heterocycles. The molecule has 1 saturated heterocycles. The fourth-order valence-electron chi connectivity index (χ4n) is 2.67. The standard InChI is InChI=1S/C16H21N5O2/c1-22-16-9-15(19-12-20-16)18-11-14(13-3-2-4-17-10-13)21-5-7-23-8-6-21/h2-4,9-10,12,14H,5-8,11H2,1H3,(H,18,19,20)/t14-/m1/s1. The number of hydrogen-bond donors (Lipinski definition) is 1. The molecule has 0 radical (unpaired) electrons. The number of methoxy groups -OCH3 is 1. The Bertz CT molecular complexity index is 604. The van der Waals surface area contributed by atoms with E-state index in [4.69, 9.17) is 9.47 Å². The molecule has 0 amide bonds. The highest BCUT2D eigenvalue weighted by molar-refractivity contribution is 5.37. The second-order valence-electron chi connectivity index (χ2n) is 5.28. The third-order valence-corrected chi connectivity index (χ3v) is 3.88. The average Bonchev–Trinajstić information content (AvgIpc) is 2.64. The van der Waals surface area contributed by atoms with E-state index in [0.717, 1.165) is 38.7 Å². The van der Waals surface area contributed by atoms with Crippen molar-refractivity contribution in [3.8, 4) is 5.88 Å². The molecule has 1 N–H and O–H groups in total. The Morgan fingerprint density at radius 1 is 1.35 bits per heavy atom. The van der Waals surface area contributed by atoms with Crippen LogP contribution in [0.25, 0.3) is 0 Å². The van der Waals surface area contributed by atoms with Gasteiger partial charge in [0.1, 0.15) is 12.1 Å². The number of ether oxygens (including phenoxy) is 2. The first-order valence-electron chi connectivity index (χ1n) is 7.68. The Balaban J connectivity index is 1.72. The van der Waals surface area contributed by atoms with Crippen LogP contribution in [0.15, 0.2) is 36.9 Å². The maximum absolute atomic E-state index is 5.46. The van der Waals surface area contributed by atoms with Gasteiger partial charge in [0.25, 0.3) is 0 Å². The molecule has 0 aromatic carbocycles. The molecule has 0 bridgehead atoms. The van der Waals surface area contributed by atoms with Crippen molar-refractivity contribution < 1.29 is 9.47 Å². The molecule has 3 rings (SSSR count). The molecule has 7 nitrogen and oxygen atoms in total. The molecule has 23 heavy (non-hydrogen) atoms. The molecule has 7 heteroatoms. The predicted molar refractivity (Wildman–Crippen MR) is 86.4 cm³/mol. The van der Waals surface area contributed by atoms with Gasteiger partial charge in [-0.3, -0.25) is 9.88 Å². The zero-order valence-electron chi connectivity index (χ0n) is 13.2. The highest BCUT2D eigenvalue weighted by Crippen LogP contribution is 2.22. The fraction of sp³-hybridized carbons (Fsp3) is 0.438. The Kier molecular flexibility index (Phi) is 5.33. The van der Waals surface area contributed by atoms with Gasteiger partial charge in [-0.1, -0.05) is 6.07 Å². The van der Waals surface area contributed by atoms with Crippen LogP contribution in [0.5, 0.6) is 5.88 Å². The Labute approximate surface area is 135 Å². The lowest BCUT2D eigenvalue weighted by molar-refractivity contribution is 0.0186. The van der Waals surface area contributed by atoms with Crippen LogP contribution in [0, 0.1) is 0 Å². The number of nitrogens with one attached hydrogen (secondary N) is 1. The molecule has 0 unspecified atom stereocenters. The number of pyridine rings is 1. The summed E-state index contributed by atoms with van der Waals surface area (Å²) in [5.41, 5.74) is 1.18. The smallest absolute Gasteiger partial charge is 0.218 e. The van der Waals surface area contributed by atoms with Gasteiger partial charge in [-0.15, -0.1) is 0 Å². The average molecular weight is 315 g/mol. The van der Waals surface area contributed by atoms with Crippen LogP contribution in [0.3, 0.4) is 0 Å². The molecule has 1 fully saturated rings. The minimum Gasteiger partial charge on any atom is -0.481 e. The van der Waals surface area contributed by atoms with Crippen molar-refractivity contribution in [1.29, 1.82) is 0 Å². The van der Waals surface area contributed by atoms with E-state index in [2.05, 4.69) is 31.2 Å². The van der Waals surface area contributed by atoms with Gasteiger partial charge in [-0.05, 0) is 11.6 Å². The Morgan fingerprint density at radius 3 is 2.96 bits per heavy atom. The SMILES string of the molecule is COc1cc(NC[C@H](c2cccnc2)N2CCOCC2)ncn1. The van der Waals surface area contributed by atoms with Crippen molar-refractivity contribution in [3.05, 3.63) is 42.5 Å². The quantitative estimate of drug-likeness (QED) is 0.863. The molecular weight excluding hydrogens is 294 g/mol. The van der Waals surface area contributed by atoms with Crippen LogP contribution in [0.2, 0.25) is 0 Å². The van der Waals surface area contributed by atoms with Gasteiger partial charge in [0.2, 0.25) is 5.88 Å². The van der Waals surface area contributed by atoms with Crippen LogP contribution in [-0.2, 0) is 4.74 Å². The van der Waals surface area contributed by atoms with Crippen LogP contribution in [0.1, 0.15) is 11.6 Å². The summed E-state index contributed by atoms with van der Waals surface area (Å²) < 4.78 is 10.6. The summed E-state index contributed by atoms with van der Waals surface area (Å²) in [6.45, 7) is 4.07. The summed E-state index contributed by atoms with van der Waals surface area (Å²) >= 11 is 0. The van der Waals surface area contributed by atoms with Crippen molar-refractivity contribution in [1.82, 2.24) is 19.9 Å². The molecule has 1 aliphatic heterocycles. The minimum absolute atomic E-state index is 0.216. The second-order valence-corrected chi connectivity index (χ2v) is 5.28. The lowest BCUT2D eigenvalue weighted by atomic mass is 10.1. The molecule has 2 aromatic rings. The minimum atomic E-state index is 0.216. The third kappa shape index (κ3) is 4.14. The first-order valence-corrected chi connectivity index (χ1v) is 7.68. The van der Waals surface area contributed by atoms with Crippen molar-refractivity contribution in [2.75, 3.05) is 45.3 Å². The fourth-order valence-corrected chi connectivity index (χ4v) is 2.67. The van der Waals surface area contributed by atoms with E-state index in [1.807, 2.05) is 12.3 Å². The second kappa shape index (κ2) is 7.85. The predicted octanol–water partition coefficient (Wildman–Crippen LogP) is 1.37. The summed E-state index contributed by atoms with van der Waals surface area (Å²) in [5.74, 6) is 1.30. The molecule has 122 valence electrons. The maximum atomic E-state index is 5.46. The van der Waals surface area contributed by atoms with E-state index in [9.17, 15) is 0 Å². The van der Waals surface area contributed by atoms with E-state index in [1.165, 1.54) is 11.9 Å². The van der Waals surface area contributed by atoms with Crippen LogP contribution >= 0.6 is 0 Å². The summed E-state index contributed by atoms with van der Waals surface area (Å²) in [7, 11) is 1.60. The lowest BCUT2D eigenvalue weighted by Crippen LogP contribution is -2.41. The van der Waals surface area contributed by atoms with Crippen LogP contribution in [0.4, 0.5) is 5.82 Å². The van der Waals surface area contributed by atoms with Gasteiger partial charge < -0.3 is 14.8 Å². The first-order chi connectivity index (χ1) is 11.4. The number of aromatic nitrogens is 3. The number of anilines is 1. The van der Waals surface area contributed by atoms with Gasteiger partial charge >= 0.3 is 0 Å². The highest BCUT2D eigenvalue weighted by Gasteiger charge is 2.22. The molecule has 0 spiro atoms. The lowest BCUT2D eigenvalue weighted by Gasteiger charge is -2.34. The maximum Gasteiger partial charge on any atom is 0.218 e. The zero-order chi connectivity index (χ0) is 15.9. The normalized spacial score (nSPS) is 16.7. The molecule has 0 aliphatic carbocycles. The van der Waals surface area contributed by atoms with Crippen LogP contribution < -0.4 is 10.1 Å². The largest absolute Gasteiger partial charge is 0.481 e. The Hall–Kier alpha value is -2.25. The van der Waals surface area contributed by atoms with Gasteiger partial charge in [0.15, 0.2) is 0 Å². The van der Waals surface area contributed by atoms with Crippen molar-refractivity contribution in [2.24, 2.45) is 0 Å². The van der Waals surface area contributed by atoms with Gasteiger partial charge in [-0.2, -0.15) is 0 Å². The van der Waals surface area contributed by atoms with Crippen LogP contribution in [-0.4, -0.2) is 59.8 Å². The first kappa shape index (κ1) is 15.6. The molecular formula is C16H21N5O2. The third-order valence-electron chi connectivity index (χ3n) is 3.88. The Morgan fingerprint density at radius 2 is 2.22 bits per heavy atom. The zero-order valence-corrected chi connectivity index (χ0v) is 13.2. The summed E-state index contributed by atoms with van der Waals surface area (Å²) in [5, 5.41) is 3.37. The molecule has 1 aliphatic rings. The molecule has 2 aromatic heterocycles. The number of nitrogens with zero attached hydrogens (tertiary/aromatic N) is 4. The number of rotatable bonds is 6. The highest BCUT2D eigenvalue weighted by atomic mass is 16.5. The van der Waals surface area contributed by atoms with E-state index in [-0.39, 0.29) is 6.04 Å². The van der Waals surface area contributed by atoms with E-state index < -0.39 is 0 Å². The van der Waals surface area contributed by atoms with Gasteiger partial charge in [0, 0.05) is 38.1 Å². The summed E-state index contributed by atoms with van der Waals surface area (Å²) in [6.07, 6.45) is 5.21. The topological polar surface area (TPSA) is 72.4 Å². The van der Waals surface area contributed by atoms with Crippen molar-refractivity contribution in [3.63, 3.8) is 0 Å². The monoisotopic (exact) mass is 315 g/mol. The number of hydrogen-bond acceptors (Lipinski definition) is 7.